The van der Waals surface area contributed by atoms with Crippen molar-refractivity contribution in [2.45, 2.75) is 42.9 Å². The van der Waals surface area contributed by atoms with Gasteiger partial charge in [-0.15, -0.1) is 0 Å². The normalized spacial score (nSPS) is 27.5. The summed E-state index contributed by atoms with van der Waals surface area (Å²) in [7, 11) is -3.54. The Morgan fingerprint density at radius 1 is 1.46 bits per heavy atom. The summed E-state index contributed by atoms with van der Waals surface area (Å²) in [4.78, 5) is 8.70. The molecule has 8 heteroatoms. The predicted molar refractivity (Wildman–Crippen MR) is 85.7 cm³/mol. The molecule has 1 saturated carbocycles. The minimum Gasteiger partial charge on any atom is -0.339 e. The van der Waals surface area contributed by atoms with Crippen LogP contribution in [0.3, 0.4) is 0 Å². The highest BCUT2D eigenvalue weighted by Gasteiger charge is 2.56. The zero-order valence-electron chi connectivity index (χ0n) is 13.6. The smallest absolute Gasteiger partial charge is 0.244 e. The van der Waals surface area contributed by atoms with E-state index in [0.29, 0.717) is 31.2 Å². The second kappa shape index (κ2) is 5.63. The number of sulfonamides is 1. The highest BCUT2D eigenvalue weighted by molar-refractivity contribution is 7.89. The largest absolute Gasteiger partial charge is 0.339 e. The van der Waals surface area contributed by atoms with Crippen LogP contribution in [0.2, 0.25) is 0 Å². The second-order valence-electron chi connectivity index (χ2n) is 6.60. The molecule has 0 bridgehead atoms. The van der Waals surface area contributed by atoms with Crippen LogP contribution in [0.1, 0.15) is 37.9 Å². The standard InChI is InChI=1S/C16H20N4O3S/c1-2-14-18-15(19-23-14)16-7-3-5-12(16)10-20(11-16)24(21,22)13-6-4-8-17-9-13/h4,6,8-9,12H,2-3,5,7,10-11H2,1H3/t12-,16-/m1/s1. The highest BCUT2D eigenvalue weighted by atomic mass is 32.2. The molecule has 2 aromatic heterocycles. The Kier molecular flexibility index (Phi) is 3.69. The van der Waals surface area contributed by atoms with Crippen molar-refractivity contribution in [3.8, 4) is 0 Å². The summed E-state index contributed by atoms with van der Waals surface area (Å²) in [5, 5.41) is 4.17. The molecule has 7 nitrogen and oxygen atoms in total. The van der Waals surface area contributed by atoms with E-state index >= 15 is 0 Å². The summed E-state index contributed by atoms with van der Waals surface area (Å²) in [6, 6.07) is 3.24. The maximum absolute atomic E-state index is 12.9. The molecule has 0 aromatic carbocycles. The lowest BCUT2D eigenvalue weighted by Crippen LogP contribution is -2.35. The quantitative estimate of drug-likeness (QED) is 0.836. The Morgan fingerprint density at radius 2 is 2.33 bits per heavy atom. The van der Waals surface area contributed by atoms with Gasteiger partial charge in [-0.1, -0.05) is 18.5 Å². The lowest BCUT2D eigenvalue weighted by atomic mass is 9.80. The van der Waals surface area contributed by atoms with Crippen molar-refractivity contribution in [3.05, 3.63) is 36.2 Å². The van der Waals surface area contributed by atoms with Gasteiger partial charge in [-0.2, -0.15) is 9.29 Å². The number of rotatable bonds is 4. The molecule has 0 spiro atoms. The molecular weight excluding hydrogens is 328 g/mol. The molecule has 0 radical (unpaired) electrons. The molecule has 1 saturated heterocycles. The van der Waals surface area contributed by atoms with E-state index in [0.717, 1.165) is 19.3 Å². The van der Waals surface area contributed by atoms with E-state index in [1.54, 1.807) is 22.6 Å². The molecule has 0 unspecified atom stereocenters. The predicted octanol–water partition coefficient (Wildman–Crippen LogP) is 1.77. The third kappa shape index (κ3) is 2.28. The van der Waals surface area contributed by atoms with Gasteiger partial charge in [0.1, 0.15) is 4.90 Å². The van der Waals surface area contributed by atoms with Crippen LogP contribution in [0.15, 0.2) is 33.9 Å². The Morgan fingerprint density at radius 3 is 3.04 bits per heavy atom. The average molecular weight is 348 g/mol. The van der Waals surface area contributed by atoms with Gasteiger partial charge in [0.05, 0.1) is 5.41 Å². The maximum atomic E-state index is 12.9. The SMILES string of the molecule is CCc1nc([C@@]23CCC[C@@H]2CN(S(=O)(=O)c2cccnc2)C3)no1. The Bertz CT molecular complexity index is 836. The van der Waals surface area contributed by atoms with Crippen LogP contribution in [-0.4, -0.2) is 40.9 Å². The Labute approximate surface area is 141 Å². The molecule has 2 aromatic rings. The van der Waals surface area contributed by atoms with Gasteiger partial charge in [-0.25, -0.2) is 8.42 Å². The number of aromatic nitrogens is 3. The lowest BCUT2D eigenvalue weighted by molar-refractivity contribution is 0.329. The molecular formula is C16H20N4O3S. The van der Waals surface area contributed by atoms with Crippen molar-refractivity contribution in [2.75, 3.05) is 13.1 Å². The molecule has 0 N–H and O–H groups in total. The van der Waals surface area contributed by atoms with Crippen LogP contribution in [-0.2, 0) is 21.9 Å². The van der Waals surface area contributed by atoms with Gasteiger partial charge < -0.3 is 4.52 Å². The number of hydrogen-bond donors (Lipinski definition) is 0. The van der Waals surface area contributed by atoms with Gasteiger partial charge >= 0.3 is 0 Å². The van der Waals surface area contributed by atoms with E-state index in [4.69, 9.17) is 4.52 Å². The molecule has 4 rings (SSSR count). The molecule has 1 aliphatic carbocycles. The Hall–Kier alpha value is -1.80. The van der Waals surface area contributed by atoms with Crippen LogP contribution >= 0.6 is 0 Å². The van der Waals surface area contributed by atoms with E-state index in [9.17, 15) is 8.42 Å². The maximum Gasteiger partial charge on any atom is 0.244 e. The van der Waals surface area contributed by atoms with E-state index < -0.39 is 10.0 Å². The fraction of sp³-hybridized carbons (Fsp3) is 0.562. The number of fused-ring (bicyclic) bond motifs is 1. The molecule has 24 heavy (non-hydrogen) atoms. The molecule has 128 valence electrons. The van der Waals surface area contributed by atoms with Crippen molar-refractivity contribution in [3.63, 3.8) is 0 Å². The summed E-state index contributed by atoms with van der Waals surface area (Å²) in [5.74, 6) is 1.52. The number of pyridine rings is 1. The number of hydrogen-bond acceptors (Lipinski definition) is 6. The zero-order valence-corrected chi connectivity index (χ0v) is 14.4. The summed E-state index contributed by atoms with van der Waals surface area (Å²) in [5.41, 5.74) is -0.313. The molecule has 2 atom stereocenters. The van der Waals surface area contributed by atoms with Crippen LogP contribution in [0, 0.1) is 5.92 Å². The van der Waals surface area contributed by atoms with Crippen LogP contribution in [0.4, 0.5) is 0 Å². The monoisotopic (exact) mass is 348 g/mol. The van der Waals surface area contributed by atoms with E-state index in [1.807, 2.05) is 6.92 Å². The van der Waals surface area contributed by atoms with E-state index in [-0.39, 0.29) is 16.2 Å². The summed E-state index contributed by atoms with van der Waals surface area (Å²) in [6.07, 6.45) is 6.63. The third-order valence-corrected chi connectivity index (χ3v) is 7.12. The zero-order chi connectivity index (χ0) is 16.8. The first-order valence-corrected chi connectivity index (χ1v) is 9.73. The van der Waals surface area contributed by atoms with Gasteiger partial charge in [-0.3, -0.25) is 4.98 Å². The minimum atomic E-state index is -3.54. The second-order valence-corrected chi connectivity index (χ2v) is 8.53. The van der Waals surface area contributed by atoms with E-state index in [2.05, 4.69) is 15.1 Å². The first-order chi connectivity index (χ1) is 11.6. The number of nitrogens with zero attached hydrogens (tertiary/aromatic N) is 4. The van der Waals surface area contributed by atoms with Crippen LogP contribution < -0.4 is 0 Å². The lowest BCUT2D eigenvalue weighted by Gasteiger charge is -2.24. The highest BCUT2D eigenvalue weighted by Crippen LogP contribution is 2.50. The Balaban J connectivity index is 1.69. The van der Waals surface area contributed by atoms with Crippen molar-refractivity contribution in [1.82, 2.24) is 19.4 Å². The van der Waals surface area contributed by atoms with Crippen LogP contribution in [0.5, 0.6) is 0 Å². The van der Waals surface area contributed by atoms with Crippen LogP contribution in [0.25, 0.3) is 0 Å². The first kappa shape index (κ1) is 15.7. The number of aryl methyl sites for hydroxylation is 1. The third-order valence-electron chi connectivity index (χ3n) is 5.33. The molecule has 2 aliphatic rings. The van der Waals surface area contributed by atoms with Crippen molar-refractivity contribution >= 4 is 10.0 Å². The van der Waals surface area contributed by atoms with Crippen molar-refractivity contribution in [2.24, 2.45) is 5.92 Å². The first-order valence-electron chi connectivity index (χ1n) is 8.29. The molecule has 2 fully saturated rings. The summed E-state index contributed by atoms with van der Waals surface area (Å²) >= 11 is 0. The molecule has 3 heterocycles. The van der Waals surface area contributed by atoms with Gasteiger partial charge in [-0.05, 0) is 30.9 Å². The average Bonchev–Trinajstić information content (AvgIpc) is 3.29. The van der Waals surface area contributed by atoms with E-state index in [1.165, 1.54) is 6.20 Å². The topological polar surface area (TPSA) is 89.2 Å². The van der Waals surface area contributed by atoms with Gasteiger partial charge in [0.25, 0.3) is 0 Å². The molecule has 1 aliphatic heterocycles. The summed E-state index contributed by atoms with van der Waals surface area (Å²) in [6.45, 7) is 2.89. The fourth-order valence-corrected chi connectivity index (χ4v) is 5.56. The van der Waals surface area contributed by atoms with Crippen molar-refractivity contribution < 1.29 is 12.9 Å². The minimum absolute atomic E-state index is 0.238. The molecule has 0 amide bonds. The van der Waals surface area contributed by atoms with Gasteiger partial charge in [0.15, 0.2) is 5.82 Å². The van der Waals surface area contributed by atoms with Gasteiger partial charge in [0, 0.05) is 31.9 Å². The van der Waals surface area contributed by atoms with Crippen molar-refractivity contribution in [1.29, 1.82) is 0 Å². The fourth-order valence-electron chi connectivity index (χ4n) is 4.04. The van der Waals surface area contributed by atoms with Gasteiger partial charge in [0.2, 0.25) is 15.9 Å². The summed E-state index contributed by atoms with van der Waals surface area (Å²) < 4.78 is 32.7.